The molecule has 16 heavy (non-hydrogen) atoms. The molecule has 0 bridgehead atoms. The van der Waals surface area contributed by atoms with E-state index in [4.69, 9.17) is 5.73 Å². The van der Waals surface area contributed by atoms with Crippen molar-refractivity contribution >= 4 is 28.4 Å². The van der Waals surface area contributed by atoms with Crippen molar-refractivity contribution < 1.29 is 4.79 Å². The van der Waals surface area contributed by atoms with E-state index in [0.29, 0.717) is 0 Å². The minimum atomic E-state index is -0.545. The van der Waals surface area contributed by atoms with Crippen molar-refractivity contribution in [3.05, 3.63) is 30.0 Å². The maximum atomic E-state index is 11.2. The first-order chi connectivity index (χ1) is 7.74. The Morgan fingerprint density at radius 2 is 2.00 bits per heavy atom. The van der Waals surface area contributed by atoms with Gasteiger partial charge in [0, 0.05) is 10.8 Å². The summed E-state index contributed by atoms with van der Waals surface area (Å²) in [7, 11) is 0. The Hall–Kier alpha value is -1.62. The molecule has 1 heterocycles. The number of primary amides is 1. The summed E-state index contributed by atoms with van der Waals surface area (Å²) in [6, 6.07) is 7.53. The number of rotatable bonds is 3. The number of hydrogen-bond acceptors (Lipinski definition) is 4. The summed E-state index contributed by atoms with van der Waals surface area (Å²) in [5.41, 5.74) is 5.49. The monoisotopic (exact) mass is 233 g/mol. The molecule has 0 aliphatic carbocycles. The van der Waals surface area contributed by atoms with Crippen LogP contribution in [0.1, 0.15) is 17.4 Å². The van der Waals surface area contributed by atoms with Crippen LogP contribution in [0.4, 0.5) is 0 Å². The lowest BCUT2D eigenvalue weighted by Gasteiger charge is -2.05. The third-order valence-electron chi connectivity index (χ3n) is 2.17. The van der Waals surface area contributed by atoms with E-state index in [1.807, 2.05) is 31.2 Å². The van der Waals surface area contributed by atoms with Crippen LogP contribution in [0.25, 0.3) is 10.8 Å². The first-order valence-electron chi connectivity index (χ1n) is 4.92. The van der Waals surface area contributed by atoms with Crippen molar-refractivity contribution in [1.29, 1.82) is 0 Å². The molecule has 2 N–H and O–H groups in total. The van der Waals surface area contributed by atoms with E-state index in [9.17, 15) is 4.79 Å². The van der Waals surface area contributed by atoms with Crippen molar-refractivity contribution in [1.82, 2.24) is 10.2 Å². The second-order valence-corrected chi connectivity index (χ2v) is 4.45. The number of carbonyl (C=O) groups is 1. The molecule has 0 unspecified atom stereocenters. The molecule has 5 heteroatoms. The predicted molar refractivity (Wildman–Crippen MR) is 64.5 cm³/mol. The Morgan fingerprint density at radius 1 is 1.31 bits per heavy atom. The van der Waals surface area contributed by atoms with Gasteiger partial charge in [0.1, 0.15) is 5.03 Å². The summed E-state index contributed by atoms with van der Waals surface area (Å²) >= 11 is 1.60. The zero-order valence-electron chi connectivity index (χ0n) is 8.80. The van der Waals surface area contributed by atoms with Gasteiger partial charge in [0.05, 0.1) is 0 Å². The molecule has 2 aromatic rings. The molecule has 1 aromatic heterocycles. The molecule has 2 rings (SSSR count). The highest BCUT2D eigenvalue weighted by Gasteiger charge is 2.12. The fourth-order valence-electron chi connectivity index (χ4n) is 1.50. The average Bonchev–Trinajstić information content (AvgIpc) is 2.29. The number of fused-ring (bicyclic) bond motifs is 1. The number of benzene rings is 1. The highest BCUT2D eigenvalue weighted by atomic mass is 32.2. The molecule has 1 amide bonds. The molecule has 0 saturated carbocycles. The first kappa shape index (κ1) is 10.9. The second-order valence-electron chi connectivity index (χ2n) is 3.20. The lowest BCUT2D eigenvalue weighted by Crippen LogP contribution is -2.14. The molecular formula is C11H11N3OS. The molecule has 0 aliphatic heterocycles. The number of amides is 1. The van der Waals surface area contributed by atoms with Gasteiger partial charge in [-0.1, -0.05) is 31.2 Å². The Labute approximate surface area is 97.2 Å². The molecule has 0 spiro atoms. The summed E-state index contributed by atoms with van der Waals surface area (Å²) in [5, 5.41) is 10.4. The van der Waals surface area contributed by atoms with Gasteiger partial charge in [-0.05, 0) is 5.75 Å². The predicted octanol–water partition coefficient (Wildman–Crippen LogP) is 1.84. The van der Waals surface area contributed by atoms with Crippen molar-refractivity contribution in [3.63, 3.8) is 0 Å². The van der Waals surface area contributed by atoms with Gasteiger partial charge < -0.3 is 5.73 Å². The number of thioether (sulfide) groups is 1. The van der Waals surface area contributed by atoms with Crippen molar-refractivity contribution in [2.75, 3.05) is 5.75 Å². The minimum absolute atomic E-state index is 0.232. The summed E-state index contributed by atoms with van der Waals surface area (Å²) in [4.78, 5) is 11.2. The largest absolute Gasteiger partial charge is 0.364 e. The van der Waals surface area contributed by atoms with Crippen LogP contribution in [0.2, 0.25) is 0 Å². The van der Waals surface area contributed by atoms with Crippen LogP contribution in [0.5, 0.6) is 0 Å². The second kappa shape index (κ2) is 4.49. The number of nitrogens with zero attached hydrogens (tertiary/aromatic N) is 2. The van der Waals surface area contributed by atoms with E-state index < -0.39 is 5.91 Å². The molecular weight excluding hydrogens is 222 g/mol. The quantitative estimate of drug-likeness (QED) is 0.821. The van der Waals surface area contributed by atoms with Crippen molar-refractivity contribution in [2.45, 2.75) is 11.9 Å². The van der Waals surface area contributed by atoms with E-state index in [1.165, 1.54) is 0 Å². The van der Waals surface area contributed by atoms with Gasteiger partial charge in [-0.2, -0.15) is 0 Å². The van der Waals surface area contributed by atoms with E-state index >= 15 is 0 Å². The fourth-order valence-corrected chi connectivity index (χ4v) is 2.21. The fraction of sp³-hybridized carbons (Fsp3) is 0.182. The Bertz CT molecular complexity index is 542. The molecule has 0 saturated heterocycles. The lowest BCUT2D eigenvalue weighted by atomic mass is 10.1. The zero-order valence-corrected chi connectivity index (χ0v) is 9.62. The Kier molecular flexibility index (Phi) is 3.05. The third-order valence-corrected chi connectivity index (χ3v) is 3.03. The van der Waals surface area contributed by atoms with E-state index in [1.54, 1.807) is 11.8 Å². The Morgan fingerprint density at radius 3 is 2.62 bits per heavy atom. The van der Waals surface area contributed by atoms with Crippen LogP contribution in [0.15, 0.2) is 29.3 Å². The van der Waals surface area contributed by atoms with Gasteiger partial charge in [-0.25, -0.2) is 0 Å². The van der Waals surface area contributed by atoms with Gasteiger partial charge in [0.15, 0.2) is 5.69 Å². The highest BCUT2D eigenvalue weighted by molar-refractivity contribution is 7.99. The normalized spacial score (nSPS) is 10.6. The number of hydrogen-bond donors (Lipinski definition) is 1. The van der Waals surface area contributed by atoms with Gasteiger partial charge >= 0.3 is 0 Å². The number of carbonyl (C=O) groups excluding carboxylic acids is 1. The lowest BCUT2D eigenvalue weighted by molar-refractivity contribution is 0.0996. The molecule has 0 aliphatic rings. The first-order valence-corrected chi connectivity index (χ1v) is 5.90. The SMILES string of the molecule is CCSc1nnc(C(N)=O)c2ccccc12. The molecule has 0 atom stereocenters. The van der Waals surface area contributed by atoms with Crippen LogP contribution < -0.4 is 5.73 Å². The van der Waals surface area contributed by atoms with Gasteiger partial charge in [-0.15, -0.1) is 22.0 Å². The van der Waals surface area contributed by atoms with Crippen LogP contribution >= 0.6 is 11.8 Å². The smallest absolute Gasteiger partial charge is 0.269 e. The standard InChI is InChI=1S/C11H11N3OS/c1-2-16-11-8-6-4-3-5-7(8)9(10(12)15)13-14-11/h3-6H,2H2,1H3,(H2,12,15). The van der Waals surface area contributed by atoms with Gasteiger partial charge in [0.25, 0.3) is 5.91 Å². The van der Waals surface area contributed by atoms with Crippen LogP contribution in [-0.2, 0) is 0 Å². The highest BCUT2D eigenvalue weighted by Crippen LogP contribution is 2.26. The third kappa shape index (κ3) is 1.86. The summed E-state index contributed by atoms with van der Waals surface area (Å²) in [6.07, 6.45) is 0. The van der Waals surface area contributed by atoms with Crippen LogP contribution in [-0.4, -0.2) is 21.9 Å². The minimum Gasteiger partial charge on any atom is -0.364 e. The van der Waals surface area contributed by atoms with Crippen molar-refractivity contribution in [2.24, 2.45) is 5.73 Å². The topological polar surface area (TPSA) is 68.9 Å². The summed E-state index contributed by atoms with van der Waals surface area (Å²) in [6.45, 7) is 2.04. The van der Waals surface area contributed by atoms with Crippen LogP contribution in [0, 0.1) is 0 Å². The van der Waals surface area contributed by atoms with E-state index in [2.05, 4.69) is 10.2 Å². The van der Waals surface area contributed by atoms with Gasteiger partial charge in [0.2, 0.25) is 0 Å². The molecule has 0 radical (unpaired) electrons. The average molecular weight is 233 g/mol. The zero-order chi connectivity index (χ0) is 11.5. The summed E-state index contributed by atoms with van der Waals surface area (Å²) < 4.78 is 0. The maximum Gasteiger partial charge on any atom is 0.269 e. The Balaban J connectivity index is 2.71. The molecule has 1 aromatic carbocycles. The van der Waals surface area contributed by atoms with Crippen LogP contribution in [0.3, 0.4) is 0 Å². The molecule has 82 valence electrons. The van der Waals surface area contributed by atoms with Crippen molar-refractivity contribution in [3.8, 4) is 0 Å². The van der Waals surface area contributed by atoms with E-state index in [0.717, 1.165) is 21.6 Å². The molecule has 0 fully saturated rings. The number of aromatic nitrogens is 2. The van der Waals surface area contributed by atoms with Gasteiger partial charge in [-0.3, -0.25) is 4.79 Å². The molecule has 4 nitrogen and oxygen atoms in total. The number of nitrogens with two attached hydrogens (primary N) is 1. The van der Waals surface area contributed by atoms with E-state index in [-0.39, 0.29) is 5.69 Å². The summed E-state index contributed by atoms with van der Waals surface area (Å²) in [5.74, 6) is 0.367. The maximum absolute atomic E-state index is 11.2.